The molecule has 0 radical (unpaired) electrons. The molecule has 5 nitrogen and oxygen atoms in total. The van der Waals surface area contributed by atoms with Crippen LogP contribution in [-0.2, 0) is 0 Å². The molecule has 0 fully saturated rings. The average Bonchev–Trinajstić information content (AvgIpc) is 3.29. The van der Waals surface area contributed by atoms with Crippen LogP contribution in [0.1, 0.15) is 5.69 Å². The number of nitrogens with zero attached hydrogens (tertiary/aromatic N) is 4. The van der Waals surface area contributed by atoms with Crippen LogP contribution < -0.4 is 4.90 Å². The second-order valence-corrected chi connectivity index (χ2v) is 7.16. The Labute approximate surface area is 156 Å². The molecule has 0 bridgehead atoms. The third kappa shape index (κ3) is 3.11. The van der Waals surface area contributed by atoms with Gasteiger partial charge in [0.25, 0.3) is 5.89 Å². The van der Waals surface area contributed by atoms with Gasteiger partial charge in [0.2, 0.25) is 0 Å². The topological polar surface area (TPSA) is 55.1 Å². The summed E-state index contributed by atoms with van der Waals surface area (Å²) >= 11 is 1.57. The van der Waals surface area contributed by atoms with Gasteiger partial charge in [0.15, 0.2) is 0 Å². The van der Waals surface area contributed by atoms with Crippen LogP contribution in [0.3, 0.4) is 0 Å². The van der Waals surface area contributed by atoms with Crippen LogP contribution in [0, 0.1) is 6.92 Å². The number of benzene rings is 2. The minimum absolute atomic E-state index is 0.488. The summed E-state index contributed by atoms with van der Waals surface area (Å²) < 4.78 is 5.71. The Bertz CT molecular complexity index is 1020. The van der Waals surface area contributed by atoms with Gasteiger partial charge in [-0.3, -0.25) is 0 Å². The van der Waals surface area contributed by atoms with Crippen molar-refractivity contribution in [3.8, 4) is 32.5 Å². The average molecular weight is 362 g/mol. The van der Waals surface area contributed by atoms with E-state index in [1.165, 1.54) is 11.1 Å². The minimum atomic E-state index is 0.488. The maximum atomic E-state index is 5.71. The summed E-state index contributed by atoms with van der Waals surface area (Å²) in [5, 5.41) is 9.14. The Morgan fingerprint density at radius 2 is 1.50 bits per heavy atom. The molecule has 0 unspecified atom stereocenters. The molecule has 0 spiro atoms. The van der Waals surface area contributed by atoms with Gasteiger partial charge in [-0.15, -0.1) is 16.4 Å². The van der Waals surface area contributed by atoms with Crippen LogP contribution in [0.25, 0.3) is 32.5 Å². The van der Waals surface area contributed by atoms with Crippen LogP contribution >= 0.6 is 11.3 Å². The highest BCUT2D eigenvalue weighted by molar-refractivity contribution is 7.18. The molecule has 0 N–H and O–H groups in total. The van der Waals surface area contributed by atoms with Gasteiger partial charge < -0.3 is 9.32 Å². The van der Waals surface area contributed by atoms with E-state index in [0.717, 1.165) is 21.1 Å². The van der Waals surface area contributed by atoms with E-state index in [0.29, 0.717) is 11.9 Å². The van der Waals surface area contributed by atoms with Crippen molar-refractivity contribution in [2.24, 2.45) is 0 Å². The number of hydrogen-bond acceptors (Lipinski definition) is 6. The second kappa shape index (κ2) is 6.72. The van der Waals surface area contributed by atoms with Crippen molar-refractivity contribution < 1.29 is 4.42 Å². The molecule has 6 heteroatoms. The van der Waals surface area contributed by atoms with E-state index in [1.807, 2.05) is 39.2 Å². The molecule has 2 heterocycles. The van der Waals surface area contributed by atoms with Crippen LogP contribution in [0.5, 0.6) is 0 Å². The number of anilines is 1. The van der Waals surface area contributed by atoms with Crippen molar-refractivity contribution in [2.45, 2.75) is 6.92 Å². The van der Waals surface area contributed by atoms with Gasteiger partial charge in [0.05, 0.1) is 5.69 Å². The SMILES string of the molecule is Cc1nc(-c2ccc(-c3ccccc3)cc2)sc1-c1nnc(N(C)C)o1. The minimum Gasteiger partial charge on any atom is -0.402 e. The first-order valence-corrected chi connectivity index (χ1v) is 9.08. The van der Waals surface area contributed by atoms with Crippen molar-refractivity contribution in [1.29, 1.82) is 0 Å². The molecule has 0 saturated carbocycles. The standard InChI is InChI=1S/C20H18N4OS/c1-13-17(18-22-23-20(25-18)24(2)3)26-19(21-13)16-11-9-15(10-12-16)14-7-5-4-6-8-14/h4-12H,1-3H3. The largest absolute Gasteiger partial charge is 0.402 e. The lowest BCUT2D eigenvalue weighted by Gasteiger charge is -2.02. The summed E-state index contributed by atoms with van der Waals surface area (Å²) in [4.78, 5) is 7.39. The molecule has 26 heavy (non-hydrogen) atoms. The summed E-state index contributed by atoms with van der Waals surface area (Å²) in [6.45, 7) is 1.97. The van der Waals surface area contributed by atoms with Gasteiger partial charge in [-0.05, 0) is 18.1 Å². The summed E-state index contributed by atoms with van der Waals surface area (Å²) in [6.07, 6.45) is 0. The van der Waals surface area contributed by atoms with E-state index < -0.39 is 0 Å². The lowest BCUT2D eigenvalue weighted by Crippen LogP contribution is -2.08. The monoisotopic (exact) mass is 362 g/mol. The lowest BCUT2D eigenvalue weighted by atomic mass is 10.0. The predicted molar refractivity (Wildman–Crippen MR) is 105 cm³/mol. The Morgan fingerprint density at radius 3 is 2.15 bits per heavy atom. The quantitative estimate of drug-likeness (QED) is 0.517. The van der Waals surface area contributed by atoms with Gasteiger partial charge in [-0.2, -0.15) is 0 Å². The number of rotatable bonds is 4. The maximum Gasteiger partial charge on any atom is 0.317 e. The van der Waals surface area contributed by atoms with Gasteiger partial charge in [-0.25, -0.2) is 4.98 Å². The molecular formula is C20H18N4OS. The summed E-state index contributed by atoms with van der Waals surface area (Å²) in [7, 11) is 3.74. The summed E-state index contributed by atoms with van der Waals surface area (Å²) in [5.74, 6) is 0.510. The van der Waals surface area contributed by atoms with Crippen LogP contribution in [0.15, 0.2) is 59.0 Å². The first-order valence-electron chi connectivity index (χ1n) is 8.26. The zero-order valence-corrected chi connectivity index (χ0v) is 15.6. The lowest BCUT2D eigenvalue weighted by molar-refractivity contribution is 0.567. The van der Waals surface area contributed by atoms with E-state index in [4.69, 9.17) is 9.40 Å². The van der Waals surface area contributed by atoms with Crippen LogP contribution in [0.2, 0.25) is 0 Å². The summed E-state index contributed by atoms with van der Waals surface area (Å²) in [6, 6.07) is 19.3. The van der Waals surface area contributed by atoms with E-state index in [-0.39, 0.29) is 0 Å². The number of aromatic nitrogens is 3. The Morgan fingerprint density at radius 1 is 0.846 bits per heavy atom. The van der Waals surface area contributed by atoms with Gasteiger partial charge >= 0.3 is 6.01 Å². The van der Waals surface area contributed by atoms with Crippen molar-refractivity contribution in [3.63, 3.8) is 0 Å². The van der Waals surface area contributed by atoms with Crippen molar-refractivity contribution >= 4 is 17.4 Å². The molecule has 0 aliphatic carbocycles. The third-order valence-electron chi connectivity index (χ3n) is 4.03. The van der Waals surface area contributed by atoms with Crippen molar-refractivity contribution in [3.05, 3.63) is 60.3 Å². The summed E-state index contributed by atoms with van der Waals surface area (Å²) in [5.41, 5.74) is 4.37. The maximum absolute atomic E-state index is 5.71. The van der Waals surface area contributed by atoms with E-state index >= 15 is 0 Å². The molecule has 0 atom stereocenters. The zero-order valence-electron chi connectivity index (χ0n) is 14.8. The molecular weight excluding hydrogens is 344 g/mol. The van der Waals surface area contributed by atoms with Crippen molar-refractivity contribution in [2.75, 3.05) is 19.0 Å². The fraction of sp³-hybridized carbons (Fsp3) is 0.150. The smallest absolute Gasteiger partial charge is 0.317 e. The Kier molecular flexibility index (Phi) is 4.26. The molecule has 0 amide bonds. The molecule has 0 saturated heterocycles. The molecule has 0 aliphatic rings. The van der Waals surface area contributed by atoms with Gasteiger partial charge in [0.1, 0.15) is 9.88 Å². The number of aryl methyl sites for hydroxylation is 1. The highest BCUT2D eigenvalue weighted by Gasteiger charge is 2.17. The molecule has 4 rings (SSSR count). The highest BCUT2D eigenvalue weighted by Crippen LogP contribution is 2.35. The Hall–Kier alpha value is -2.99. The first kappa shape index (κ1) is 16.5. The highest BCUT2D eigenvalue weighted by atomic mass is 32.1. The first-order chi connectivity index (χ1) is 12.6. The molecule has 0 aliphatic heterocycles. The van der Waals surface area contributed by atoms with E-state index in [1.54, 1.807) is 16.2 Å². The zero-order chi connectivity index (χ0) is 18.1. The molecule has 2 aromatic heterocycles. The fourth-order valence-corrected chi connectivity index (χ4v) is 3.64. The van der Waals surface area contributed by atoms with E-state index in [2.05, 4.69) is 46.6 Å². The fourth-order valence-electron chi connectivity index (χ4n) is 2.64. The van der Waals surface area contributed by atoms with Crippen LogP contribution in [0.4, 0.5) is 6.01 Å². The predicted octanol–water partition coefficient (Wildman–Crippen LogP) is 4.90. The second-order valence-electron chi connectivity index (χ2n) is 6.16. The Balaban J connectivity index is 1.64. The molecule has 130 valence electrons. The van der Waals surface area contributed by atoms with Gasteiger partial charge in [0, 0.05) is 19.7 Å². The molecule has 4 aromatic rings. The van der Waals surface area contributed by atoms with Gasteiger partial charge in [-0.1, -0.05) is 59.7 Å². The third-order valence-corrected chi connectivity index (χ3v) is 5.22. The number of hydrogen-bond donors (Lipinski definition) is 0. The normalized spacial score (nSPS) is 10.9. The van der Waals surface area contributed by atoms with Crippen molar-refractivity contribution in [1.82, 2.24) is 15.2 Å². The molecule has 2 aromatic carbocycles. The number of thiazole rings is 1. The van der Waals surface area contributed by atoms with Crippen LogP contribution in [-0.4, -0.2) is 29.3 Å². The van der Waals surface area contributed by atoms with E-state index in [9.17, 15) is 0 Å².